The van der Waals surface area contributed by atoms with Crippen molar-refractivity contribution in [2.75, 3.05) is 21.3 Å². The average molecular weight is 355 g/mol. The number of hydrogen-bond donors (Lipinski definition) is 1. The summed E-state index contributed by atoms with van der Waals surface area (Å²) in [5.41, 5.74) is 0.625. The molecule has 0 saturated heterocycles. The van der Waals surface area contributed by atoms with Crippen molar-refractivity contribution in [1.82, 2.24) is 4.98 Å². The molecule has 0 atom stereocenters. The summed E-state index contributed by atoms with van der Waals surface area (Å²) in [5.74, 6) is 1.02. The van der Waals surface area contributed by atoms with Gasteiger partial charge in [-0.05, 0) is 30.3 Å². The van der Waals surface area contributed by atoms with Gasteiger partial charge in [-0.25, -0.2) is 4.79 Å². The highest BCUT2D eigenvalue weighted by Crippen LogP contribution is 2.37. The second kappa shape index (κ2) is 7.18. The molecule has 7 heteroatoms. The van der Waals surface area contributed by atoms with Crippen LogP contribution >= 0.6 is 0 Å². The molecule has 0 radical (unpaired) electrons. The minimum absolute atomic E-state index is 0.00483. The van der Waals surface area contributed by atoms with Gasteiger partial charge in [0.2, 0.25) is 0 Å². The van der Waals surface area contributed by atoms with E-state index in [4.69, 9.17) is 18.9 Å². The van der Waals surface area contributed by atoms with Crippen LogP contribution in [0.2, 0.25) is 0 Å². The van der Waals surface area contributed by atoms with Gasteiger partial charge < -0.3 is 24.1 Å². The normalized spacial score (nSPS) is 10.4. The number of carboxylic acid groups (broad SMARTS) is 1. The number of aromatic carboxylic acids is 1. The Morgan fingerprint density at radius 2 is 1.62 bits per heavy atom. The Labute approximate surface area is 149 Å². The largest absolute Gasteiger partial charge is 0.497 e. The van der Waals surface area contributed by atoms with Gasteiger partial charge in [-0.2, -0.15) is 0 Å². The van der Waals surface area contributed by atoms with Crippen LogP contribution in [0.25, 0.3) is 10.9 Å². The highest BCUT2D eigenvalue weighted by molar-refractivity contribution is 5.92. The third kappa shape index (κ3) is 3.19. The summed E-state index contributed by atoms with van der Waals surface area (Å²) in [5, 5.41) is 10.1. The zero-order valence-corrected chi connectivity index (χ0v) is 14.5. The molecule has 0 saturated carbocycles. The summed E-state index contributed by atoms with van der Waals surface area (Å²) < 4.78 is 21.6. The van der Waals surface area contributed by atoms with E-state index in [9.17, 15) is 9.90 Å². The monoisotopic (exact) mass is 355 g/mol. The predicted octanol–water partition coefficient (Wildman–Crippen LogP) is 3.75. The molecule has 0 unspecified atom stereocenters. The van der Waals surface area contributed by atoms with Gasteiger partial charge in [0.25, 0.3) is 0 Å². The molecule has 0 amide bonds. The number of hydrogen-bond acceptors (Lipinski definition) is 6. The van der Waals surface area contributed by atoms with E-state index in [1.54, 1.807) is 43.6 Å². The third-order valence-corrected chi connectivity index (χ3v) is 3.84. The number of carbonyl (C=O) groups is 1. The maximum absolute atomic E-state index is 11.5. The van der Waals surface area contributed by atoms with E-state index >= 15 is 0 Å². The molecule has 0 spiro atoms. The van der Waals surface area contributed by atoms with Crippen molar-refractivity contribution in [1.29, 1.82) is 0 Å². The fraction of sp³-hybridized carbons (Fsp3) is 0.158. The summed E-state index contributed by atoms with van der Waals surface area (Å²) >= 11 is 0. The minimum atomic E-state index is -1.11. The van der Waals surface area contributed by atoms with Gasteiger partial charge in [0.1, 0.15) is 22.8 Å². The molecule has 1 heterocycles. The second-order valence-electron chi connectivity index (χ2n) is 5.30. The SMILES string of the molecule is COc1ccc(Oc2ccnc3cc(OC)c(OC)cc23)c(C(=O)O)c1. The van der Waals surface area contributed by atoms with Crippen LogP contribution in [0.15, 0.2) is 42.6 Å². The summed E-state index contributed by atoms with van der Waals surface area (Å²) in [6.45, 7) is 0. The number of rotatable bonds is 6. The van der Waals surface area contributed by atoms with Crippen LogP contribution in [0.3, 0.4) is 0 Å². The van der Waals surface area contributed by atoms with Gasteiger partial charge in [0.15, 0.2) is 11.5 Å². The number of ether oxygens (including phenoxy) is 4. The van der Waals surface area contributed by atoms with E-state index in [2.05, 4.69) is 4.98 Å². The number of fused-ring (bicyclic) bond motifs is 1. The first-order chi connectivity index (χ1) is 12.6. The maximum Gasteiger partial charge on any atom is 0.339 e. The van der Waals surface area contributed by atoms with Gasteiger partial charge in [-0.1, -0.05) is 0 Å². The fourth-order valence-corrected chi connectivity index (χ4v) is 2.55. The van der Waals surface area contributed by atoms with E-state index in [1.807, 2.05) is 0 Å². The van der Waals surface area contributed by atoms with Crippen molar-refractivity contribution < 1.29 is 28.8 Å². The Morgan fingerprint density at radius 3 is 2.27 bits per heavy atom. The minimum Gasteiger partial charge on any atom is -0.497 e. The van der Waals surface area contributed by atoms with E-state index in [-0.39, 0.29) is 11.3 Å². The molecular weight excluding hydrogens is 338 g/mol. The molecule has 0 aliphatic heterocycles. The van der Waals surface area contributed by atoms with Crippen LogP contribution in [0, 0.1) is 0 Å². The van der Waals surface area contributed by atoms with Crippen LogP contribution in [-0.2, 0) is 0 Å². The molecule has 1 aromatic heterocycles. The maximum atomic E-state index is 11.5. The summed E-state index contributed by atoms with van der Waals surface area (Å²) in [4.78, 5) is 15.8. The summed E-state index contributed by atoms with van der Waals surface area (Å²) in [6, 6.07) is 9.71. The number of methoxy groups -OCH3 is 3. The Kier molecular flexibility index (Phi) is 4.79. The summed E-state index contributed by atoms with van der Waals surface area (Å²) in [7, 11) is 4.55. The number of nitrogens with zero attached hydrogens (tertiary/aromatic N) is 1. The van der Waals surface area contributed by atoms with Crippen LogP contribution in [0.5, 0.6) is 28.7 Å². The molecule has 1 N–H and O–H groups in total. The van der Waals surface area contributed by atoms with Crippen molar-refractivity contribution in [3.8, 4) is 28.7 Å². The smallest absolute Gasteiger partial charge is 0.339 e. The van der Waals surface area contributed by atoms with E-state index < -0.39 is 5.97 Å². The van der Waals surface area contributed by atoms with E-state index in [0.29, 0.717) is 33.9 Å². The topological polar surface area (TPSA) is 87.1 Å². The van der Waals surface area contributed by atoms with Gasteiger partial charge in [-0.3, -0.25) is 4.98 Å². The second-order valence-corrected chi connectivity index (χ2v) is 5.30. The zero-order chi connectivity index (χ0) is 18.7. The van der Waals surface area contributed by atoms with Gasteiger partial charge in [0.05, 0.1) is 26.8 Å². The molecule has 3 rings (SSSR count). The van der Waals surface area contributed by atoms with Crippen LogP contribution in [0.4, 0.5) is 0 Å². The number of aromatic nitrogens is 1. The lowest BCUT2D eigenvalue weighted by Gasteiger charge is -2.14. The lowest BCUT2D eigenvalue weighted by Crippen LogP contribution is -2.01. The van der Waals surface area contributed by atoms with Gasteiger partial charge in [-0.15, -0.1) is 0 Å². The Hall–Kier alpha value is -3.48. The Morgan fingerprint density at radius 1 is 0.885 bits per heavy atom. The van der Waals surface area contributed by atoms with Crippen LogP contribution in [0.1, 0.15) is 10.4 Å². The van der Waals surface area contributed by atoms with Gasteiger partial charge in [0, 0.05) is 17.6 Å². The van der Waals surface area contributed by atoms with Gasteiger partial charge >= 0.3 is 5.97 Å². The molecule has 26 heavy (non-hydrogen) atoms. The molecule has 2 aromatic carbocycles. The van der Waals surface area contributed by atoms with Crippen molar-refractivity contribution in [2.45, 2.75) is 0 Å². The fourth-order valence-electron chi connectivity index (χ4n) is 2.55. The van der Waals surface area contributed by atoms with Crippen LogP contribution in [-0.4, -0.2) is 37.4 Å². The molecule has 0 aliphatic rings. The summed E-state index contributed by atoms with van der Waals surface area (Å²) in [6.07, 6.45) is 1.58. The quantitative estimate of drug-likeness (QED) is 0.720. The van der Waals surface area contributed by atoms with Crippen molar-refractivity contribution in [3.05, 3.63) is 48.2 Å². The lowest BCUT2D eigenvalue weighted by atomic mass is 10.1. The lowest BCUT2D eigenvalue weighted by molar-refractivity contribution is 0.0693. The van der Waals surface area contributed by atoms with Crippen molar-refractivity contribution in [2.24, 2.45) is 0 Å². The third-order valence-electron chi connectivity index (χ3n) is 3.84. The molecular formula is C19H17NO6. The first-order valence-electron chi connectivity index (χ1n) is 7.67. The molecule has 7 nitrogen and oxygen atoms in total. The molecule has 0 fully saturated rings. The number of benzene rings is 2. The Bertz CT molecular complexity index is 970. The van der Waals surface area contributed by atoms with Crippen LogP contribution < -0.4 is 18.9 Å². The van der Waals surface area contributed by atoms with Crippen molar-refractivity contribution >= 4 is 16.9 Å². The number of pyridine rings is 1. The average Bonchev–Trinajstić information content (AvgIpc) is 2.67. The molecule has 0 bridgehead atoms. The first-order valence-corrected chi connectivity index (χ1v) is 7.67. The molecule has 0 aliphatic carbocycles. The zero-order valence-electron chi connectivity index (χ0n) is 14.5. The standard InChI is InChI=1S/C19H17NO6/c1-23-11-4-5-15(13(8-11)19(21)22)26-16-6-7-20-14-10-18(25-3)17(24-2)9-12(14)16/h4-10H,1-3H3,(H,21,22). The van der Waals surface area contributed by atoms with E-state index in [0.717, 1.165) is 0 Å². The van der Waals surface area contributed by atoms with E-state index in [1.165, 1.54) is 20.3 Å². The first kappa shape index (κ1) is 17.3. The highest BCUT2D eigenvalue weighted by Gasteiger charge is 2.16. The highest BCUT2D eigenvalue weighted by atomic mass is 16.5. The molecule has 134 valence electrons. The molecule has 3 aromatic rings. The van der Waals surface area contributed by atoms with Crippen molar-refractivity contribution in [3.63, 3.8) is 0 Å². The number of carboxylic acids is 1. The Balaban J connectivity index is 2.11. The predicted molar refractivity (Wildman–Crippen MR) is 94.9 cm³/mol.